The molecule has 1 saturated heterocycles. The summed E-state index contributed by atoms with van der Waals surface area (Å²) in [6, 6.07) is 0.177. The maximum atomic E-state index is 13.4. The summed E-state index contributed by atoms with van der Waals surface area (Å²) in [5, 5.41) is 1.05. The Hall–Kier alpha value is -1.68. The summed E-state index contributed by atoms with van der Waals surface area (Å²) in [6.07, 6.45) is 5.96. The van der Waals surface area contributed by atoms with E-state index < -0.39 is 0 Å². The number of fused-ring (bicyclic) bond motifs is 1. The van der Waals surface area contributed by atoms with E-state index in [4.69, 9.17) is 9.72 Å². The van der Waals surface area contributed by atoms with E-state index in [-0.39, 0.29) is 29.4 Å². The number of aromatic nitrogens is 2. The Morgan fingerprint density at radius 3 is 2.50 bits per heavy atom. The molecule has 1 aliphatic carbocycles. The molecule has 32 heavy (non-hydrogen) atoms. The van der Waals surface area contributed by atoms with Crippen LogP contribution in [0.1, 0.15) is 57.7 Å². The van der Waals surface area contributed by atoms with Gasteiger partial charge in [0.15, 0.2) is 5.16 Å². The predicted molar refractivity (Wildman–Crippen MR) is 126 cm³/mol. The normalized spacial score (nSPS) is 21.5. The molecule has 0 N–H and O–H groups in total. The quantitative estimate of drug-likeness (QED) is 0.473. The van der Waals surface area contributed by atoms with Gasteiger partial charge in [-0.1, -0.05) is 37.9 Å². The van der Waals surface area contributed by atoms with Crippen LogP contribution >= 0.6 is 23.5 Å². The second-order valence-electron chi connectivity index (χ2n) is 8.63. The van der Waals surface area contributed by atoms with E-state index in [1.54, 1.807) is 28.5 Å². The lowest BCUT2D eigenvalue weighted by Gasteiger charge is -2.34. The van der Waals surface area contributed by atoms with Gasteiger partial charge < -0.3 is 14.5 Å². The zero-order chi connectivity index (χ0) is 22.7. The van der Waals surface area contributed by atoms with Crippen molar-refractivity contribution in [3.05, 3.63) is 16.0 Å². The number of amides is 2. The van der Waals surface area contributed by atoms with Gasteiger partial charge in [-0.05, 0) is 19.8 Å². The first-order chi connectivity index (χ1) is 15.5. The highest BCUT2D eigenvalue weighted by Crippen LogP contribution is 2.37. The molecule has 1 unspecified atom stereocenters. The summed E-state index contributed by atoms with van der Waals surface area (Å²) in [5.74, 6) is 0.270. The van der Waals surface area contributed by atoms with Crippen molar-refractivity contribution >= 4 is 35.5 Å². The van der Waals surface area contributed by atoms with Gasteiger partial charge in [0.2, 0.25) is 5.91 Å². The molecular weight excluding hydrogens is 448 g/mol. The first-order valence-electron chi connectivity index (χ1n) is 11.6. The number of thioether (sulfide) groups is 2. The SMILES string of the molecule is CCOC(=O)N1CCN(C(=O)CSc2nc3c(c(=O)n2C2CCCCC2)SC(C)C3)CC1. The van der Waals surface area contributed by atoms with Crippen molar-refractivity contribution in [3.8, 4) is 0 Å². The van der Waals surface area contributed by atoms with Gasteiger partial charge in [-0.2, -0.15) is 0 Å². The Labute approximate surface area is 197 Å². The van der Waals surface area contributed by atoms with Gasteiger partial charge >= 0.3 is 6.09 Å². The molecule has 4 rings (SSSR count). The third kappa shape index (κ3) is 5.11. The van der Waals surface area contributed by atoms with Gasteiger partial charge in [-0.25, -0.2) is 9.78 Å². The minimum atomic E-state index is -0.320. The molecule has 2 fully saturated rings. The molecule has 0 aromatic carbocycles. The second kappa shape index (κ2) is 10.5. The summed E-state index contributed by atoms with van der Waals surface area (Å²) in [5.41, 5.74) is 0.965. The van der Waals surface area contributed by atoms with Gasteiger partial charge in [0.25, 0.3) is 5.56 Å². The number of hydrogen-bond donors (Lipinski definition) is 0. The van der Waals surface area contributed by atoms with E-state index in [0.717, 1.165) is 42.7 Å². The van der Waals surface area contributed by atoms with E-state index in [9.17, 15) is 14.4 Å². The molecule has 1 atom stereocenters. The van der Waals surface area contributed by atoms with Gasteiger partial charge in [0.05, 0.1) is 22.9 Å². The number of nitrogens with zero attached hydrogens (tertiary/aromatic N) is 4. The average Bonchev–Trinajstić information content (AvgIpc) is 3.19. The molecule has 1 saturated carbocycles. The Bertz CT molecular complexity index is 908. The fourth-order valence-electron chi connectivity index (χ4n) is 4.65. The molecule has 0 bridgehead atoms. The van der Waals surface area contributed by atoms with Crippen molar-refractivity contribution in [1.82, 2.24) is 19.4 Å². The number of carbonyl (C=O) groups is 2. The first-order valence-corrected chi connectivity index (χ1v) is 13.5. The topological polar surface area (TPSA) is 84.7 Å². The van der Waals surface area contributed by atoms with Crippen LogP contribution in [0.15, 0.2) is 14.8 Å². The highest BCUT2D eigenvalue weighted by Gasteiger charge is 2.30. The number of carbonyl (C=O) groups excluding carboxylic acids is 2. The van der Waals surface area contributed by atoms with Crippen LogP contribution in [0.3, 0.4) is 0 Å². The molecule has 2 amide bonds. The third-order valence-corrected chi connectivity index (χ3v) is 8.49. The van der Waals surface area contributed by atoms with E-state index in [2.05, 4.69) is 6.92 Å². The molecule has 0 radical (unpaired) electrons. The molecule has 10 heteroatoms. The summed E-state index contributed by atoms with van der Waals surface area (Å²) in [4.78, 5) is 47.2. The number of rotatable bonds is 5. The molecular formula is C22H32N4O4S2. The van der Waals surface area contributed by atoms with E-state index in [1.165, 1.54) is 18.2 Å². The second-order valence-corrected chi connectivity index (χ2v) is 11.0. The summed E-state index contributed by atoms with van der Waals surface area (Å²) < 4.78 is 6.93. The van der Waals surface area contributed by atoms with Crippen LogP contribution in [-0.2, 0) is 16.0 Å². The number of hydrogen-bond acceptors (Lipinski definition) is 7. The van der Waals surface area contributed by atoms with Gasteiger partial charge in [0.1, 0.15) is 0 Å². The maximum absolute atomic E-state index is 13.4. The molecule has 1 aromatic rings. The van der Waals surface area contributed by atoms with Crippen LogP contribution in [0.4, 0.5) is 4.79 Å². The smallest absolute Gasteiger partial charge is 0.409 e. The largest absolute Gasteiger partial charge is 0.450 e. The van der Waals surface area contributed by atoms with Crippen molar-refractivity contribution in [2.75, 3.05) is 38.5 Å². The van der Waals surface area contributed by atoms with Gasteiger partial charge in [-0.3, -0.25) is 14.2 Å². The summed E-state index contributed by atoms with van der Waals surface area (Å²) >= 11 is 3.02. The molecule has 8 nitrogen and oxygen atoms in total. The monoisotopic (exact) mass is 480 g/mol. The van der Waals surface area contributed by atoms with Gasteiger partial charge in [0, 0.05) is 43.9 Å². The third-order valence-electron chi connectivity index (χ3n) is 6.33. The zero-order valence-electron chi connectivity index (χ0n) is 18.9. The van der Waals surface area contributed by atoms with Crippen LogP contribution in [0.25, 0.3) is 0 Å². The maximum Gasteiger partial charge on any atom is 0.409 e. The Morgan fingerprint density at radius 2 is 1.81 bits per heavy atom. The standard InChI is InChI=1S/C22H32N4O4S2/c1-3-30-22(29)25-11-9-24(10-12-25)18(27)14-31-21-23-17-13-15(2)32-19(17)20(28)26(21)16-7-5-4-6-8-16/h15-16H,3-14H2,1-2H3. The van der Waals surface area contributed by atoms with E-state index in [0.29, 0.717) is 43.2 Å². The molecule has 2 aliphatic heterocycles. The van der Waals surface area contributed by atoms with Crippen LogP contribution in [0.2, 0.25) is 0 Å². The Kier molecular flexibility index (Phi) is 7.70. The Balaban J connectivity index is 1.44. The molecule has 176 valence electrons. The Morgan fingerprint density at radius 1 is 1.12 bits per heavy atom. The molecule has 3 heterocycles. The summed E-state index contributed by atoms with van der Waals surface area (Å²) in [7, 11) is 0. The molecule has 1 aromatic heterocycles. The van der Waals surface area contributed by atoms with E-state index in [1.807, 2.05) is 4.57 Å². The minimum absolute atomic E-state index is 0.0196. The fourth-order valence-corrected chi connectivity index (χ4v) is 6.73. The van der Waals surface area contributed by atoms with Gasteiger partial charge in [-0.15, -0.1) is 11.8 Å². The first kappa shape index (κ1) is 23.5. The van der Waals surface area contributed by atoms with Crippen molar-refractivity contribution in [2.24, 2.45) is 0 Å². The van der Waals surface area contributed by atoms with Crippen LogP contribution in [-0.4, -0.2) is 75.1 Å². The van der Waals surface area contributed by atoms with Crippen molar-refractivity contribution in [1.29, 1.82) is 0 Å². The highest BCUT2D eigenvalue weighted by molar-refractivity contribution is 8.00. The lowest BCUT2D eigenvalue weighted by molar-refractivity contribution is -0.129. The lowest BCUT2D eigenvalue weighted by Crippen LogP contribution is -2.51. The molecule has 3 aliphatic rings. The average molecular weight is 481 g/mol. The zero-order valence-corrected chi connectivity index (χ0v) is 20.5. The lowest BCUT2D eigenvalue weighted by atomic mass is 9.95. The van der Waals surface area contributed by atoms with Crippen LogP contribution in [0.5, 0.6) is 0 Å². The van der Waals surface area contributed by atoms with Crippen molar-refractivity contribution in [2.45, 2.75) is 73.7 Å². The van der Waals surface area contributed by atoms with Crippen LogP contribution in [0, 0.1) is 0 Å². The number of ether oxygens (including phenoxy) is 1. The summed E-state index contributed by atoms with van der Waals surface area (Å²) in [6.45, 7) is 6.22. The highest BCUT2D eigenvalue weighted by atomic mass is 32.2. The van der Waals surface area contributed by atoms with Crippen molar-refractivity contribution < 1.29 is 14.3 Å². The van der Waals surface area contributed by atoms with Crippen LogP contribution < -0.4 is 5.56 Å². The van der Waals surface area contributed by atoms with E-state index >= 15 is 0 Å². The molecule has 0 spiro atoms. The van der Waals surface area contributed by atoms with Crippen molar-refractivity contribution in [3.63, 3.8) is 0 Å². The predicted octanol–water partition coefficient (Wildman–Crippen LogP) is 3.18. The fraction of sp³-hybridized carbons (Fsp3) is 0.727. The minimum Gasteiger partial charge on any atom is -0.450 e. The number of piperazine rings is 1.